The minimum absolute atomic E-state index is 0.470. The number of carboxylic acid groups (broad SMARTS) is 1. The molecule has 0 bridgehead atoms. The van der Waals surface area contributed by atoms with Gasteiger partial charge in [-0.3, -0.25) is 0 Å². The molecule has 2 aliphatic rings. The van der Waals surface area contributed by atoms with Crippen molar-refractivity contribution in [2.45, 2.75) is 39.0 Å². The molecule has 1 saturated carbocycles. The van der Waals surface area contributed by atoms with Gasteiger partial charge in [0.15, 0.2) is 0 Å². The van der Waals surface area contributed by atoms with E-state index >= 15 is 0 Å². The van der Waals surface area contributed by atoms with Gasteiger partial charge in [-0.25, -0.2) is 4.79 Å². The Hall–Kier alpha value is -2.11. The van der Waals surface area contributed by atoms with E-state index in [2.05, 4.69) is 24.9 Å². The fourth-order valence-corrected chi connectivity index (χ4v) is 5.81. The van der Waals surface area contributed by atoms with Crippen LogP contribution in [0.3, 0.4) is 0 Å². The Morgan fingerprint density at radius 2 is 1.86 bits per heavy atom. The first-order valence-corrected chi connectivity index (χ1v) is 11.4. The summed E-state index contributed by atoms with van der Waals surface area (Å²) in [6, 6.07) is 9.80. The third-order valence-electron chi connectivity index (χ3n) is 6.53. The van der Waals surface area contributed by atoms with Crippen molar-refractivity contribution < 1.29 is 9.90 Å². The highest BCUT2D eigenvalue weighted by atomic mass is 32.1. The summed E-state index contributed by atoms with van der Waals surface area (Å²) in [4.78, 5) is 16.0. The van der Waals surface area contributed by atoms with E-state index in [-0.39, 0.29) is 0 Å². The summed E-state index contributed by atoms with van der Waals surface area (Å²) >= 11 is 1.38. The van der Waals surface area contributed by atoms with Crippen molar-refractivity contribution in [3.8, 4) is 10.4 Å². The van der Waals surface area contributed by atoms with Gasteiger partial charge in [0.05, 0.1) is 0 Å². The lowest BCUT2D eigenvalue weighted by Crippen LogP contribution is -2.31. The summed E-state index contributed by atoms with van der Waals surface area (Å²) in [6.07, 6.45) is 5.93. The summed E-state index contributed by atoms with van der Waals surface area (Å²) in [6.45, 7) is 4.29. The monoisotopic (exact) mass is 410 g/mol. The number of aromatic carboxylic acids is 1. The molecule has 0 amide bonds. The second-order valence-corrected chi connectivity index (χ2v) is 9.78. The lowest BCUT2D eigenvalue weighted by molar-refractivity contribution is 0.0702. The largest absolute Gasteiger partial charge is 0.477 e. The number of hydrogen-bond acceptors (Lipinski definition) is 4. The van der Waals surface area contributed by atoms with E-state index in [1.807, 2.05) is 24.3 Å². The van der Waals surface area contributed by atoms with Gasteiger partial charge in [-0.2, -0.15) is 0 Å². The Balaban J connectivity index is 1.78. The molecule has 154 valence electrons. The Bertz CT molecular complexity index is 921. The molecule has 0 spiro atoms. The second-order valence-electron chi connectivity index (χ2n) is 8.73. The number of nitrogens with two attached hydrogens (primary N) is 1. The average molecular weight is 411 g/mol. The van der Waals surface area contributed by atoms with Gasteiger partial charge < -0.3 is 15.7 Å². The molecular weight excluding hydrogens is 380 g/mol. The van der Waals surface area contributed by atoms with Crippen LogP contribution in [0.25, 0.3) is 16.0 Å². The van der Waals surface area contributed by atoms with Crippen molar-refractivity contribution in [3.05, 3.63) is 46.3 Å². The van der Waals surface area contributed by atoms with E-state index < -0.39 is 5.97 Å². The van der Waals surface area contributed by atoms with Gasteiger partial charge in [-0.1, -0.05) is 31.9 Å². The van der Waals surface area contributed by atoms with Crippen LogP contribution in [-0.4, -0.2) is 36.1 Å². The number of benzene rings is 1. The van der Waals surface area contributed by atoms with Crippen LogP contribution >= 0.6 is 11.3 Å². The van der Waals surface area contributed by atoms with Gasteiger partial charge in [-0.15, -0.1) is 11.3 Å². The van der Waals surface area contributed by atoms with Crippen molar-refractivity contribution in [2.75, 3.05) is 25.9 Å². The zero-order valence-corrected chi connectivity index (χ0v) is 18.1. The van der Waals surface area contributed by atoms with Crippen molar-refractivity contribution in [3.63, 3.8) is 0 Å². The lowest BCUT2D eigenvalue weighted by atomic mass is 9.75. The van der Waals surface area contributed by atoms with Crippen LogP contribution in [0.2, 0.25) is 0 Å². The van der Waals surface area contributed by atoms with E-state index in [9.17, 15) is 9.90 Å². The van der Waals surface area contributed by atoms with Gasteiger partial charge in [0.1, 0.15) is 4.88 Å². The SMILES string of the molecule is CC1CCC(C2=C(c3cc(-c4ccc(N)cc4)sc3C(=O)O)CCN(C)C2)CC1. The standard InChI is InChI=1S/C24H30N2O2S/c1-15-3-5-16(6-4-15)21-14-26(2)12-11-19(21)20-13-22(29-23(20)24(27)28)17-7-9-18(25)10-8-17/h7-10,13,15-16H,3-6,11-12,14,25H2,1-2H3,(H,27,28). The van der Waals surface area contributed by atoms with E-state index in [1.165, 1.54) is 48.2 Å². The first-order valence-electron chi connectivity index (χ1n) is 10.6. The quantitative estimate of drug-likeness (QED) is 0.643. The van der Waals surface area contributed by atoms with Crippen LogP contribution in [0.5, 0.6) is 0 Å². The third-order valence-corrected chi connectivity index (χ3v) is 7.70. The summed E-state index contributed by atoms with van der Waals surface area (Å²) < 4.78 is 0. The molecule has 5 heteroatoms. The van der Waals surface area contributed by atoms with Crippen molar-refractivity contribution in [1.82, 2.24) is 4.90 Å². The smallest absolute Gasteiger partial charge is 0.346 e. The number of nitrogen functional groups attached to an aromatic ring is 1. The molecule has 4 rings (SSSR count). The molecule has 4 nitrogen and oxygen atoms in total. The zero-order valence-electron chi connectivity index (χ0n) is 17.3. The summed E-state index contributed by atoms with van der Waals surface area (Å²) in [5.74, 6) is 0.574. The molecule has 0 radical (unpaired) electrons. The minimum Gasteiger partial charge on any atom is -0.477 e. The van der Waals surface area contributed by atoms with E-state index in [0.29, 0.717) is 10.8 Å². The zero-order chi connectivity index (χ0) is 20.5. The molecule has 2 aromatic rings. The average Bonchev–Trinajstić information content (AvgIpc) is 3.14. The maximum absolute atomic E-state index is 12.1. The molecule has 0 unspecified atom stereocenters. The highest BCUT2D eigenvalue weighted by molar-refractivity contribution is 7.17. The molecule has 1 aromatic heterocycles. The van der Waals surface area contributed by atoms with Crippen molar-refractivity contribution >= 4 is 28.6 Å². The third kappa shape index (κ3) is 4.26. The van der Waals surface area contributed by atoms with Crippen molar-refractivity contribution in [1.29, 1.82) is 0 Å². The molecule has 0 atom stereocenters. The van der Waals surface area contributed by atoms with Crippen LogP contribution in [-0.2, 0) is 0 Å². The van der Waals surface area contributed by atoms with Gasteiger partial charge in [0, 0.05) is 29.2 Å². The molecule has 1 aliphatic carbocycles. The number of nitrogens with zero attached hydrogens (tertiary/aromatic N) is 1. The fraction of sp³-hybridized carbons (Fsp3) is 0.458. The first-order chi connectivity index (χ1) is 13.9. The van der Waals surface area contributed by atoms with E-state index in [0.717, 1.165) is 47.1 Å². The number of hydrogen-bond donors (Lipinski definition) is 2. The molecule has 1 aliphatic heterocycles. The molecule has 3 N–H and O–H groups in total. The Labute approximate surface area is 177 Å². The van der Waals surface area contributed by atoms with E-state index in [4.69, 9.17) is 5.73 Å². The normalized spacial score (nSPS) is 23.4. The lowest BCUT2D eigenvalue weighted by Gasteiger charge is -2.35. The molecule has 0 saturated heterocycles. The highest BCUT2D eigenvalue weighted by Crippen LogP contribution is 2.43. The number of anilines is 1. The molecule has 29 heavy (non-hydrogen) atoms. The molecule has 1 aromatic carbocycles. The summed E-state index contributed by atoms with van der Waals surface area (Å²) in [5, 5.41) is 9.94. The van der Waals surface area contributed by atoms with Crippen LogP contribution in [0, 0.1) is 11.8 Å². The van der Waals surface area contributed by atoms with E-state index in [1.54, 1.807) is 0 Å². The van der Waals surface area contributed by atoms with Gasteiger partial charge >= 0.3 is 5.97 Å². The van der Waals surface area contributed by atoms with Crippen LogP contribution in [0.15, 0.2) is 35.9 Å². The summed E-state index contributed by atoms with van der Waals surface area (Å²) in [7, 11) is 2.17. The topological polar surface area (TPSA) is 66.6 Å². The summed E-state index contributed by atoms with van der Waals surface area (Å²) in [5.41, 5.74) is 11.3. The minimum atomic E-state index is -0.824. The number of carboxylic acids is 1. The molecule has 1 fully saturated rings. The highest BCUT2D eigenvalue weighted by Gasteiger charge is 2.30. The molecular formula is C24H30N2O2S. The predicted octanol–water partition coefficient (Wildman–Crippen LogP) is 5.61. The molecule has 2 heterocycles. The Morgan fingerprint density at radius 3 is 2.52 bits per heavy atom. The number of thiophene rings is 1. The van der Waals surface area contributed by atoms with Crippen LogP contribution < -0.4 is 5.73 Å². The van der Waals surface area contributed by atoms with Gasteiger partial charge in [0.2, 0.25) is 0 Å². The fourth-order valence-electron chi connectivity index (χ4n) is 4.78. The number of carbonyl (C=O) groups is 1. The van der Waals surface area contributed by atoms with Crippen LogP contribution in [0.1, 0.15) is 54.3 Å². The predicted molar refractivity (Wildman–Crippen MR) is 121 cm³/mol. The maximum atomic E-state index is 12.1. The van der Waals surface area contributed by atoms with Gasteiger partial charge in [0.25, 0.3) is 0 Å². The first kappa shape index (κ1) is 20.2. The Morgan fingerprint density at radius 1 is 1.17 bits per heavy atom. The Kier molecular flexibility index (Phi) is 5.79. The maximum Gasteiger partial charge on any atom is 0.346 e. The second kappa shape index (κ2) is 8.33. The van der Waals surface area contributed by atoms with Crippen LogP contribution in [0.4, 0.5) is 5.69 Å². The number of rotatable bonds is 4. The number of likely N-dealkylation sites (N-methyl/N-ethyl adjacent to an activating group) is 1. The van der Waals surface area contributed by atoms with Gasteiger partial charge in [-0.05, 0) is 73.1 Å². The van der Waals surface area contributed by atoms with Crippen molar-refractivity contribution in [2.24, 2.45) is 11.8 Å².